The number of pyridine rings is 1. The van der Waals surface area contributed by atoms with Gasteiger partial charge in [-0.25, -0.2) is 9.78 Å². The van der Waals surface area contributed by atoms with E-state index >= 15 is 0 Å². The van der Waals surface area contributed by atoms with E-state index < -0.39 is 11.9 Å². The van der Waals surface area contributed by atoms with E-state index in [0.29, 0.717) is 33.1 Å². The number of esters is 1. The largest absolute Gasteiger partial charge is 0.497 e. The third-order valence-corrected chi connectivity index (χ3v) is 4.21. The van der Waals surface area contributed by atoms with Crippen LogP contribution in [-0.2, 0) is 9.53 Å². The summed E-state index contributed by atoms with van der Waals surface area (Å²) < 4.78 is 15.6. The van der Waals surface area contributed by atoms with Gasteiger partial charge in [0.2, 0.25) is 0 Å². The number of hydrogen-bond donors (Lipinski definition) is 1. The number of nitrogens with zero attached hydrogens (tertiary/aromatic N) is 1. The number of fused-ring (bicyclic) bond motifs is 1. The number of methoxy groups -OCH3 is 2. The third-order valence-electron chi connectivity index (χ3n) is 3.88. The maximum Gasteiger partial charge on any atom is 0.356 e. The second-order valence-electron chi connectivity index (χ2n) is 5.70. The molecule has 3 rings (SSSR count). The molecule has 0 unspecified atom stereocenters. The number of carbonyl (C=O) groups excluding carboxylic acids is 2. The van der Waals surface area contributed by atoms with Crippen LogP contribution in [0.4, 0.5) is 5.69 Å². The average Bonchev–Trinajstić information content (AvgIpc) is 2.72. The van der Waals surface area contributed by atoms with Crippen molar-refractivity contribution >= 4 is 40.1 Å². The summed E-state index contributed by atoms with van der Waals surface area (Å²) in [4.78, 5) is 28.4. The maximum atomic E-state index is 12.2. The van der Waals surface area contributed by atoms with Gasteiger partial charge in [0.25, 0.3) is 5.91 Å². The number of halogens is 1. The molecule has 7 nitrogen and oxygen atoms in total. The number of nitrogens with one attached hydrogen (secondary N) is 1. The highest BCUT2D eigenvalue weighted by Gasteiger charge is 2.15. The van der Waals surface area contributed by atoms with E-state index in [-0.39, 0.29) is 12.3 Å². The van der Waals surface area contributed by atoms with Gasteiger partial charge in [0.1, 0.15) is 11.5 Å². The van der Waals surface area contributed by atoms with Gasteiger partial charge in [0.15, 0.2) is 12.3 Å². The first-order valence-electron chi connectivity index (χ1n) is 8.26. The monoisotopic (exact) mass is 400 g/mol. The van der Waals surface area contributed by atoms with Crippen molar-refractivity contribution in [1.82, 2.24) is 4.98 Å². The molecule has 8 heteroatoms. The van der Waals surface area contributed by atoms with E-state index in [2.05, 4.69) is 10.3 Å². The van der Waals surface area contributed by atoms with Crippen LogP contribution in [0, 0.1) is 0 Å². The van der Waals surface area contributed by atoms with Crippen molar-refractivity contribution in [2.45, 2.75) is 0 Å². The summed E-state index contributed by atoms with van der Waals surface area (Å²) in [5.41, 5.74) is 1.06. The summed E-state index contributed by atoms with van der Waals surface area (Å²) in [5.74, 6) is -0.118. The number of rotatable bonds is 6. The first-order chi connectivity index (χ1) is 13.5. The molecule has 3 aromatic rings. The van der Waals surface area contributed by atoms with Crippen LogP contribution >= 0.6 is 11.6 Å². The lowest BCUT2D eigenvalue weighted by Crippen LogP contribution is -2.20. The lowest BCUT2D eigenvalue weighted by Gasteiger charge is -2.12. The number of ether oxygens (including phenoxy) is 3. The molecule has 2 aromatic carbocycles. The Bertz CT molecular complexity index is 1040. The van der Waals surface area contributed by atoms with Crippen LogP contribution in [-0.4, -0.2) is 37.7 Å². The van der Waals surface area contributed by atoms with Crippen LogP contribution in [0.2, 0.25) is 5.02 Å². The Hall–Kier alpha value is -3.32. The fraction of sp³-hybridized carbons (Fsp3) is 0.150. The van der Waals surface area contributed by atoms with E-state index in [0.717, 1.165) is 0 Å². The zero-order valence-corrected chi connectivity index (χ0v) is 15.9. The Balaban J connectivity index is 1.86. The molecule has 144 valence electrons. The molecule has 1 N–H and O–H groups in total. The van der Waals surface area contributed by atoms with E-state index in [9.17, 15) is 9.59 Å². The Morgan fingerprint density at radius 2 is 1.89 bits per heavy atom. The molecule has 0 aliphatic rings. The van der Waals surface area contributed by atoms with Crippen molar-refractivity contribution in [2.75, 3.05) is 26.1 Å². The zero-order valence-electron chi connectivity index (χ0n) is 15.2. The summed E-state index contributed by atoms with van der Waals surface area (Å²) in [7, 11) is 2.80. The molecule has 0 aliphatic carbocycles. The normalized spacial score (nSPS) is 10.4. The summed E-state index contributed by atoms with van der Waals surface area (Å²) >= 11 is 6.04. The second kappa shape index (κ2) is 8.58. The molecular formula is C20H17ClN2O5. The van der Waals surface area contributed by atoms with Gasteiger partial charge in [0.05, 0.1) is 30.4 Å². The molecular weight excluding hydrogens is 384 g/mol. The number of aromatic nitrogens is 1. The molecule has 0 atom stereocenters. The van der Waals surface area contributed by atoms with Crippen molar-refractivity contribution < 1.29 is 23.8 Å². The Labute approximate surface area is 166 Å². The van der Waals surface area contributed by atoms with Crippen LogP contribution in [0.1, 0.15) is 10.5 Å². The van der Waals surface area contributed by atoms with E-state index in [4.69, 9.17) is 25.8 Å². The van der Waals surface area contributed by atoms with Gasteiger partial charge in [0, 0.05) is 11.5 Å². The maximum absolute atomic E-state index is 12.2. The predicted octanol–water partition coefficient (Wildman–Crippen LogP) is 3.70. The van der Waals surface area contributed by atoms with E-state index in [1.54, 1.807) is 42.5 Å². The van der Waals surface area contributed by atoms with Crippen molar-refractivity contribution in [2.24, 2.45) is 0 Å². The molecule has 28 heavy (non-hydrogen) atoms. The molecule has 1 heterocycles. The zero-order chi connectivity index (χ0) is 20.1. The number of amides is 1. The minimum absolute atomic E-state index is 0.0710. The van der Waals surface area contributed by atoms with Crippen molar-refractivity contribution in [3.05, 3.63) is 59.2 Å². The predicted molar refractivity (Wildman–Crippen MR) is 105 cm³/mol. The van der Waals surface area contributed by atoms with Crippen LogP contribution in [0.25, 0.3) is 10.9 Å². The lowest BCUT2D eigenvalue weighted by atomic mass is 10.1. The number of anilines is 1. The van der Waals surface area contributed by atoms with Crippen LogP contribution < -0.4 is 14.8 Å². The fourth-order valence-corrected chi connectivity index (χ4v) is 2.70. The second-order valence-corrected chi connectivity index (χ2v) is 6.10. The van der Waals surface area contributed by atoms with Gasteiger partial charge < -0.3 is 19.5 Å². The molecule has 0 saturated heterocycles. The number of benzene rings is 2. The van der Waals surface area contributed by atoms with Crippen molar-refractivity contribution in [3.8, 4) is 11.5 Å². The number of carbonyl (C=O) groups is 2. The highest BCUT2D eigenvalue weighted by molar-refractivity contribution is 6.33. The van der Waals surface area contributed by atoms with Gasteiger partial charge in [-0.1, -0.05) is 23.7 Å². The smallest absolute Gasteiger partial charge is 0.356 e. The molecule has 1 amide bonds. The molecule has 0 fully saturated rings. The first-order valence-corrected chi connectivity index (χ1v) is 8.64. The highest BCUT2D eigenvalue weighted by Crippen LogP contribution is 2.29. The van der Waals surface area contributed by atoms with Gasteiger partial charge in [-0.3, -0.25) is 4.79 Å². The van der Waals surface area contributed by atoms with E-state index in [1.165, 1.54) is 20.3 Å². The minimum atomic E-state index is -0.608. The van der Waals surface area contributed by atoms with Gasteiger partial charge >= 0.3 is 5.97 Å². The van der Waals surface area contributed by atoms with Crippen LogP contribution in [0.3, 0.4) is 0 Å². The highest BCUT2D eigenvalue weighted by atomic mass is 35.5. The van der Waals surface area contributed by atoms with E-state index in [1.807, 2.05) is 0 Å². The molecule has 0 radical (unpaired) electrons. The topological polar surface area (TPSA) is 86.8 Å². The van der Waals surface area contributed by atoms with Crippen molar-refractivity contribution in [3.63, 3.8) is 0 Å². The van der Waals surface area contributed by atoms with Gasteiger partial charge in [-0.05, 0) is 30.3 Å². The first kappa shape index (κ1) is 19.4. The standard InChI is InChI=1S/C20H17ClN2O5/c1-26-12-7-8-15-13(9-12)18(10-17(22-15)20(25)27-2)28-11-19(24)23-16-6-4-3-5-14(16)21/h3-10H,11H2,1-2H3,(H,23,24). The Morgan fingerprint density at radius 1 is 1.11 bits per heavy atom. The molecule has 0 saturated carbocycles. The molecule has 1 aromatic heterocycles. The fourth-order valence-electron chi connectivity index (χ4n) is 2.52. The summed E-state index contributed by atoms with van der Waals surface area (Å²) in [6.07, 6.45) is 0. The molecule has 0 spiro atoms. The molecule has 0 bridgehead atoms. The summed E-state index contributed by atoms with van der Waals surface area (Å²) in [6, 6.07) is 13.4. The number of hydrogen-bond acceptors (Lipinski definition) is 6. The molecule has 0 aliphatic heterocycles. The quantitative estimate of drug-likeness (QED) is 0.635. The SMILES string of the molecule is COC(=O)c1cc(OCC(=O)Nc2ccccc2Cl)c2cc(OC)ccc2n1. The Kier molecular flexibility index (Phi) is 5.96. The lowest BCUT2D eigenvalue weighted by molar-refractivity contribution is -0.118. The number of para-hydroxylation sites is 1. The van der Waals surface area contributed by atoms with Gasteiger partial charge in [-0.2, -0.15) is 0 Å². The summed E-state index contributed by atoms with van der Waals surface area (Å²) in [5, 5.41) is 3.69. The Morgan fingerprint density at radius 3 is 2.61 bits per heavy atom. The van der Waals surface area contributed by atoms with Crippen molar-refractivity contribution in [1.29, 1.82) is 0 Å². The van der Waals surface area contributed by atoms with Crippen LogP contribution in [0.5, 0.6) is 11.5 Å². The van der Waals surface area contributed by atoms with Crippen LogP contribution in [0.15, 0.2) is 48.5 Å². The average molecular weight is 401 g/mol. The summed E-state index contributed by atoms with van der Waals surface area (Å²) in [6.45, 7) is -0.290. The third kappa shape index (κ3) is 4.32. The van der Waals surface area contributed by atoms with Gasteiger partial charge in [-0.15, -0.1) is 0 Å². The minimum Gasteiger partial charge on any atom is -0.497 e.